The molecule has 0 saturated carbocycles. The topological polar surface area (TPSA) is 52.7 Å². The smallest absolute Gasteiger partial charge is 0.251 e. The van der Waals surface area contributed by atoms with Crippen molar-refractivity contribution in [2.45, 2.75) is 19.0 Å². The van der Waals surface area contributed by atoms with Gasteiger partial charge in [-0.15, -0.1) is 0 Å². The SMILES string of the molecule is CN1C(=O)C(CC(=O)Nc2ccc(Cl)cc2)N(Cc2ccc(F)cc2)C1=S. The number of hydrogen-bond donors (Lipinski definition) is 1. The molecule has 8 heteroatoms. The molecule has 0 aromatic heterocycles. The lowest BCUT2D eigenvalue weighted by atomic mass is 10.1. The van der Waals surface area contributed by atoms with Gasteiger partial charge in [-0.05, 0) is 54.2 Å². The Morgan fingerprint density at radius 1 is 1.19 bits per heavy atom. The maximum Gasteiger partial charge on any atom is 0.251 e. The highest BCUT2D eigenvalue weighted by Crippen LogP contribution is 2.23. The van der Waals surface area contributed by atoms with Crippen molar-refractivity contribution in [2.75, 3.05) is 12.4 Å². The van der Waals surface area contributed by atoms with Gasteiger partial charge in [-0.3, -0.25) is 14.5 Å². The van der Waals surface area contributed by atoms with Gasteiger partial charge in [0.1, 0.15) is 11.9 Å². The molecule has 1 heterocycles. The van der Waals surface area contributed by atoms with E-state index in [0.29, 0.717) is 22.4 Å². The first-order valence-corrected chi connectivity index (χ1v) is 9.02. The molecular weight excluding hydrogens is 389 g/mol. The van der Waals surface area contributed by atoms with Crippen LogP contribution in [0, 0.1) is 5.82 Å². The first kappa shape index (κ1) is 19.3. The Morgan fingerprint density at radius 3 is 2.44 bits per heavy atom. The maximum atomic E-state index is 13.1. The fourth-order valence-corrected chi connectivity index (χ4v) is 3.27. The highest BCUT2D eigenvalue weighted by atomic mass is 35.5. The zero-order valence-corrected chi connectivity index (χ0v) is 16.1. The summed E-state index contributed by atoms with van der Waals surface area (Å²) in [7, 11) is 1.58. The van der Waals surface area contributed by atoms with Crippen molar-refractivity contribution in [3.8, 4) is 0 Å². The summed E-state index contributed by atoms with van der Waals surface area (Å²) in [5.41, 5.74) is 1.39. The molecule has 5 nitrogen and oxygen atoms in total. The standard InChI is InChI=1S/C19H17ClFN3O2S/c1-23-18(26)16(10-17(25)22-15-8-4-13(20)5-9-15)24(19(23)27)11-12-2-6-14(21)7-3-12/h2-9,16H,10-11H2,1H3,(H,22,25). The molecule has 1 N–H and O–H groups in total. The largest absolute Gasteiger partial charge is 0.332 e. The number of thiocarbonyl (C=S) groups is 1. The van der Waals surface area contributed by atoms with E-state index in [1.165, 1.54) is 17.0 Å². The van der Waals surface area contributed by atoms with Crippen LogP contribution in [-0.2, 0) is 16.1 Å². The van der Waals surface area contributed by atoms with Crippen molar-refractivity contribution in [1.29, 1.82) is 0 Å². The van der Waals surface area contributed by atoms with Gasteiger partial charge in [0.05, 0.1) is 6.42 Å². The molecule has 0 spiro atoms. The fourth-order valence-electron chi connectivity index (χ4n) is 2.86. The van der Waals surface area contributed by atoms with Gasteiger partial charge in [-0.25, -0.2) is 4.39 Å². The average Bonchev–Trinajstić information content (AvgIpc) is 2.83. The number of halogens is 2. The molecule has 140 valence electrons. The van der Waals surface area contributed by atoms with Gasteiger partial charge in [-0.2, -0.15) is 0 Å². The number of carbonyl (C=O) groups is 2. The van der Waals surface area contributed by atoms with Gasteiger partial charge < -0.3 is 10.2 Å². The van der Waals surface area contributed by atoms with Crippen LogP contribution in [0.15, 0.2) is 48.5 Å². The monoisotopic (exact) mass is 405 g/mol. The highest BCUT2D eigenvalue weighted by Gasteiger charge is 2.41. The van der Waals surface area contributed by atoms with Crippen LogP contribution in [0.4, 0.5) is 10.1 Å². The fraction of sp³-hybridized carbons (Fsp3) is 0.211. The second-order valence-corrected chi connectivity index (χ2v) is 7.01. The van der Waals surface area contributed by atoms with E-state index in [2.05, 4.69) is 5.32 Å². The molecule has 0 bridgehead atoms. The van der Waals surface area contributed by atoms with E-state index in [9.17, 15) is 14.0 Å². The summed E-state index contributed by atoms with van der Waals surface area (Å²) in [6.07, 6.45) is -0.0485. The Labute approximate surface area is 166 Å². The first-order valence-electron chi connectivity index (χ1n) is 8.23. The van der Waals surface area contributed by atoms with Crippen molar-refractivity contribution in [1.82, 2.24) is 9.80 Å². The molecule has 1 atom stereocenters. The summed E-state index contributed by atoms with van der Waals surface area (Å²) in [6, 6.07) is 12.0. The van der Waals surface area contributed by atoms with E-state index in [0.717, 1.165) is 5.56 Å². The second kappa shape index (κ2) is 8.02. The quantitative estimate of drug-likeness (QED) is 0.774. The molecule has 1 fully saturated rings. The molecule has 2 aromatic carbocycles. The van der Waals surface area contributed by atoms with Crippen molar-refractivity contribution in [3.05, 3.63) is 64.9 Å². The predicted octanol–water partition coefficient (Wildman–Crippen LogP) is 3.44. The van der Waals surface area contributed by atoms with Gasteiger partial charge in [0, 0.05) is 24.3 Å². The lowest BCUT2D eigenvalue weighted by Crippen LogP contribution is -2.37. The molecule has 27 heavy (non-hydrogen) atoms. The van der Waals surface area contributed by atoms with E-state index in [-0.39, 0.29) is 24.1 Å². The first-order chi connectivity index (χ1) is 12.8. The Kier molecular flexibility index (Phi) is 5.72. The summed E-state index contributed by atoms with van der Waals surface area (Å²) in [4.78, 5) is 28.0. The second-order valence-electron chi connectivity index (χ2n) is 6.21. The van der Waals surface area contributed by atoms with Crippen LogP contribution in [0.3, 0.4) is 0 Å². The Hall–Kier alpha value is -2.51. The summed E-state index contributed by atoms with van der Waals surface area (Å²) in [5, 5.41) is 3.66. The number of anilines is 1. The van der Waals surface area contributed by atoms with E-state index in [4.69, 9.17) is 23.8 Å². The summed E-state index contributed by atoms with van der Waals surface area (Å²) in [5.74, 6) is -0.888. The van der Waals surface area contributed by atoms with Crippen LogP contribution in [-0.4, -0.2) is 39.8 Å². The molecule has 2 aromatic rings. The summed E-state index contributed by atoms with van der Waals surface area (Å²) in [6.45, 7) is 0.314. The van der Waals surface area contributed by atoms with Crippen molar-refractivity contribution >= 4 is 46.4 Å². The van der Waals surface area contributed by atoms with Gasteiger partial charge >= 0.3 is 0 Å². The van der Waals surface area contributed by atoms with E-state index < -0.39 is 6.04 Å². The number of nitrogens with zero attached hydrogens (tertiary/aromatic N) is 2. The number of benzene rings is 2. The molecule has 1 aliphatic heterocycles. The van der Waals surface area contributed by atoms with E-state index in [1.54, 1.807) is 48.3 Å². The van der Waals surface area contributed by atoms with Crippen LogP contribution in [0.2, 0.25) is 5.02 Å². The number of nitrogens with one attached hydrogen (secondary N) is 1. The van der Waals surface area contributed by atoms with Gasteiger partial charge in [-0.1, -0.05) is 23.7 Å². The summed E-state index contributed by atoms with van der Waals surface area (Å²) < 4.78 is 13.1. The lowest BCUT2D eigenvalue weighted by molar-refractivity contribution is -0.130. The zero-order valence-electron chi connectivity index (χ0n) is 14.5. The molecule has 1 saturated heterocycles. The Morgan fingerprint density at radius 2 is 1.81 bits per heavy atom. The van der Waals surface area contributed by atoms with Crippen molar-refractivity contribution in [3.63, 3.8) is 0 Å². The zero-order chi connectivity index (χ0) is 19.6. The third-order valence-electron chi connectivity index (χ3n) is 4.30. The minimum atomic E-state index is -0.708. The summed E-state index contributed by atoms with van der Waals surface area (Å²) >= 11 is 11.2. The number of hydrogen-bond acceptors (Lipinski definition) is 3. The number of amides is 2. The highest BCUT2D eigenvalue weighted by molar-refractivity contribution is 7.80. The number of rotatable bonds is 5. The van der Waals surface area contributed by atoms with Gasteiger partial charge in [0.15, 0.2) is 5.11 Å². The molecule has 3 rings (SSSR count). The lowest BCUT2D eigenvalue weighted by Gasteiger charge is -2.23. The third kappa shape index (κ3) is 4.43. The molecule has 1 aliphatic rings. The van der Waals surface area contributed by atoms with Crippen molar-refractivity contribution < 1.29 is 14.0 Å². The normalized spacial score (nSPS) is 16.8. The van der Waals surface area contributed by atoms with Crippen LogP contribution in [0.1, 0.15) is 12.0 Å². The van der Waals surface area contributed by atoms with Crippen LogP contribution < -0.4 is 5.32 Å². The third-order valence-corrected chi connectivity index (χ3v) is 5.06. The van der Waals surface area contributed by atoms with Crippen LogP contribution >= 0.6 is 23.8 Å². The van der Waals surface area contributed by atoms with Crippen LogP contribution in [0.5, 0.6) is 0 Å². The molecule has 2 amide bonds. The molecule has 1 unspecified atom stereocenters. The van der Waals surface area contributed by atoms with E-state index in [1.807, 2.05) is 0 Å². The van der Waals surface area contributed by atoms with Crippen molar-refractivity contribution in [2.24, 2.45) is 0 Å². The maximum absolute atomic E-state index is 13.1. The van der Waals surface area contributed by atoms with E-state index >= 15 is 0 Å². The number of likely N-dealkylation sites (N-methyl/N-ethyl adjacent to an activating group) is 1. The minimum absolute atomic E-state index is 0.0485. The predicted molar refractivity (Wildman–Crippen MR) is 106 cm³/mol. The minimum Gasteiger partial charge on any atom is -0.332 e. The Balaban J connectivity index is 1.72. The Bertz CT molecular complexity index is 874. The number of carbonyl (C=O) groups excluding carboxylic acids is 2. The molecule has 0 radical (unpaired) electrons. The van der Waals surface area contributed by atoms with Gasteiger partial charge in [0.25, 0.3) is 5.91 Å². The average molecular weight is 406 g/mol. The van der Waals surface area contributed by atoms with Crippen LogP contribution in [0.25, 0.3) is 0 Å². The molecule has 0 aliphatic carbocycles. The van der Waals surface area contributed by atoms with Gasteiger partial charge in [0.2, 0.25) is 5.91 Å². The molecular formula is C19H17ClFN3O2S.